The first kappa shape index (κ1) is 37.3. The van der Waals surface area contributed by atoms with E-state index in [0.717, 1.165) is 61.3 Å². The molecule has 2 heteroatoms. The van der Waals surface area contributed by atoms with E-state index >= 15 is 0 Å². The van der Waals surface area contributed by atoms with E-state index in [1.807, 2.05) is 6.07 Å². The summed E-state index contributed by atoms with van der Waals surface area (Å²) >= 11 is 0. The van der Waals surface area contributed by atoms with E-state index in [0.29, 0.717) is 0 Å². The number of fused-ring (bicyclic) bond motifs is 5. The number of para-hydroxylation sites is 3. The molecule has 0 aliphatic heterocycles. The molecule has 0 N–H and O–H groups in total. The summed E-state index contributed by atoms with van der Waals surface area (Å²) in [5.74, 6) is 0. The van der Waals surface area contributed by atoms with Crippen molar-refractivity contribution in [1.82, 2.24) is 0 Å². The molecule has 0 aliphatic rings. The highest BCUT2D eigenvalue weighted by Gasteiger charge is 2.21. The van der Waals surface area contributed by atoms with Gasteiger partial charge in [-0.1, -0.05) is 212 Å². The van der Waals surface area contributed by atoms with Crippen molar-refractivity contribution in [3.8, 4) is 55.6 Å². The fraction of sp³-hybridized carbons (Fsp3) is 0. The predicted octanol–water partition coefficient (Wildman–Crippen LogP) is 17.7. The lowest BCUT2D eigenvalue weighted by Gasteiger charge is -2.28. The molecule has 0 fully saturated rings. The van der Waals surface area contributed by atoms with E-state index in [9.17, 15) is 0 Å². The fourth-order valence-corrected chi connectivity index (χ4v) is 9.53. The molecule has 0 amide bonds. The number of hydrogen-bond acceptors (Lipinski definition) is 2. The maximum absolute atomic E-state index is 6.61. The molecule has 0 aliphatic carbocycles. The first-order chi connectivity index (χ1) is 31.7. The van der Waals surface area contributed by atoms with Gasteiger partial charge < -0.3 is 9.32 Å². The molecule has 0 radical (unpaired) electrons. The van der Waals surface area contributed by atoms with Gasteiger partial charge >= 0.3 is 0 Å². The molecule has 0 spiro atoms. The largest absolute Gasteiger partial charge is 0.455 e. The van der Waals surface area contributed by atoms with Crippen LogP contribution in [0.1, 0.15) is 0 Å². The van der Waals surface area contributed by atoms with Crippen LogP contribution in [0.4, 0.5) is 17.1 Å². The molecule has 12 rings (SSSR count). The third-order valence-corrected chi connectivity index (χ3v) is 12.7. The van der Waals surface area contributed by atoms with Crippen molar-refractivity contribution < 1.29 is 4.42 Å². The SMILES string of the molecule is c1ccc(N(c2ccc(-c3ccc(-c4cccc5ccccc45)cc3)cc2)c2ccc(-c3ccc(-c4cccc5ccccc45)cc3)cc2)c(-c2cccc3c2oc2ccccc23)c1. The van der Waals surface area contributed by atoms with Gasteiger partial charge in [0.2, 0.25) is 0 Å². The van der Waals surface area contributed by atoms with Crippen molar-refractivity contribution in [1.29, 1.82) is 0 Å². The van der Waals surface area contributed by atoms with E-state index in [-0.39, 0.29) is 0 Å². The van der Waals surface area contributed by atoms with Crippen LogP contribution >= 0.6 is 0 Å². The Morgan fingerprint density at radius 1 is 0.250 bits per heavy atom. The zero-order chi connectivity index (χ0) is 42.4. The summed E-state index contributed by atoms with van der Waals surface area (Å²) in [4.78, 5) is 2.37. The Labute approximate surface area is 372 Å². The summed E-state index contributed by atoms with van der Waals surface area (Å²) < 4.78 is 6.61. The molecular weight excluding hydrogens is 775 g/mol. The lowest BCUT2D eigenvalue weighted by Crippen LogP contribution is -2.11. The van der Waals surface area contributed by atoms with Crippen molar-refractivity contribution in [2.24, 2.45) is 0 Å². The van der Waals surface area contributed by atoms with Gasteiger partial charge in [0.05, 0.1) is 5.69 Å². The monoisotopic (exact) mass is 815 g/mol. The minimum Gasteiger partial charge on any atom is -0.455 e. The molecule has 1 aromatic heterocycles. The minimum absolute atomic E-state index is 0.890. The topological polar surface area (TPSA) is 16.4 Å². The smallest absolute Gasteiger partial charge is 0.143 e. The van der Waals surface area contributed by atoms with Crippen LogP contribution in [-0.2, 0) is 0 Å². The van der Waals surface area contributed by atoms with Gasteiger partial charge in [-0.3, -0.25) is 0 Å². The highest BCUT2D eigenvalue weighted by atomic mass is 16.3. The fourth-order valence-electron chi connectivity index (χ4n) is 9.53. The predicted molar refractivity (Wildman–Crippen MR) is 271 cm³/mol. The standard InChI is InChI=1S/C62H41NO/c1-3-16-52-46(12-1)14-9-20-54(52)48-30-26-42(27-31-48)44-34-38-50(39-35-44)63(60-24-7-5-18-56(60)58-22-11-23-59-57-19-6-8-25-61(57)64-62(58)59)51-40-36-45(37-41-51)43-28-32-49(33-29-43)55-21-10-15-47-13-2-4-17-53(47)55/h1-41H. The second-order valence-electron chi connectivity index (χ2n) is 16.4. The van der Waals surface area contributed by atoms with Crippen LogP contribution in [0.15, 0.2) is 253 Å². The summed E-state index contributed by atoms with van der Waals surface area (Å²) in [6.45, 7) is 0. The highest BCUT2D eigenvalue weighted by Crippen LogP contribution is 2.45. The Morgan fingerprint density at radius 2 is 0.625 bits per heavy atom. The van der Waals surface area contributed by atoms with Crippen LogP contribution in [0.5, 0.6) is 0 Å². The molecule has 1 heterocycles. The summed E-state index contributed by atoms with van der Waals surface area (Å²) in [5, 5.41) is 7.27. The average molecular weight is 816 g/mol. The van der Waals surface area contributed by atoms with E-state index in [2.05, 4.69) is 248 Å². The molecular formula is C62H41NO. The number of furan rings is 1. The van der Waals surface area contributed by atoms with Gasteiger partial charge in [-0.15, -0.1) is 0 Å². The van der Waals surface area contributed by atoms with Crippen LogP contribution in [0.2, 0.25) is 0 Å². The van der Waals surface area contributed by atoms with Crippen molar-refractivity contribution in [3.05, 3.63) is 249 Å². The number of rotatable bonds is 8. The molecule has 300 valence electrons. The van der Waals surface area contributed by atoms with Gasteiger partial charge in [-0.2, -0.15) is 0 Å². The molecule has 0 saturated heterocycles. The van der Waals surface area contributed by atoms with Gasteiger partial charge in [0.25, 0.3) is 0 Å². The zero-order valence-electron chi connectivity index (χ0n) is 35.0. The molecule has 0 bridgehead atoms. The average Bonchev–Trinajstić information content (AvgIpc) is 3.76. The van der Waals surface area contributed by atoms with E-state index in [1.165, 1.54) is 54.9 Å². The third kappa shape index (κ3) is 6.61. The molecule has 0 atom stereocenters. The molecule has 12 aromatic rings. The van der Waals surface area contributed by atoms with Crippen LogP contribution in [0.3, 0.4) is 0 Å². The Bertz CT molecular complexity index is 3460. The Balaban J connectivity index is 0.925. The van der Waals surface area contributed by atoms with Crippen molar-refractivity contribution in [3.63, 3.8) is 0 Å². The van der Waals surface area contributed by atoms with Crippen molar-refractivity contribution >= 4 is 60.5 Å². The summed E-state index contributed by atoms with van der Waals surface area (Å²) in [7, 11) is 0. The third-order valence-electron chi connectivity index (χ3n) is 12.7. The Kier molecular flexibility index (Phi) is 9.20. The lowest BCUT2D eigenvalue weighted by atomic mass is 9.96. The Hall–Kier alpha value is -8.46. The molecule has 64 heavy (non-hydrogen) atoms. The molecule has 0 unspecified atom stereocenters. The van der Waals surface area contributed by atoms with Gasteiger partial charge in [-0.05, 0) is 102 Å². The minimum atomic E-state index is 0.890. The first-order valence-corrected chi connectivity index (χ1v) is 21.9. The quantitative estimate of drug-likeness (QED) is 0.152. The van der Waals surface area contributed by atoms with E-state index in [4.69, 9.17) is 4.42 Å². The van der Waals surface area contributed by atoms with Gasteiger partial charge in [-0.25, -0.2) is 0 Å². The maximum Gasteiger partial charge on any atom is 0.143 e. The molecule has 0 saturated carbocycles. The first-order valence-electron chi connectivity index (χ1n) is 21.9. The summed E-state index contributed by atoms with van der Waals surface area (Å²) in [6.07, 6.45) is 0. The number of hydrogen-bond donors (Lipinski definition) is 0. The Morgan fingerprint density at radius 3 is 1.19 bits per heavy atom. The summed E-state index contributed by atoms with van der Waals surface area (Å²) in [6, 6.07) is 89.5. The van der Waals surface area contributed by atoms with Crippen LogP contribution in [0, 0.1) is 0 Å². The van der Waals surface area contributed by atoms with Gasteiger partial charge in [0.15, 0.2) is 0 Å². The van der Waals surface area contributed by atoms with E-state index in [1.54, 1.807) is 0 Å². The van der Waals surface area contributed by atoms with Crippen LogP contribution < -0.4 is 4.90 Å². The number of nitrogens with zero attached hydrogens (tertiary/aromatic N) is 1. The second kappa shape index (κ2) is 15.8. The lowest BCUT2D eigenvalue weighted by molar-refractivity contribution is 0.670. The van der Waals surface area contributed by atoms with Gasteiger partial charge in [0, 0.05) is 33.3 Å². The highest BCUT2D eigenvalue weighted by molar-refractivity contribution is 6.11. The zero-order valence-corrected chi connectivity index (χ0v) is 35.0. The number of anilines is 3. The van der Waals surface area contributed by atoms with Crippen LogP contribution in [0.25, 0.3) is 99.1 Å². The normalized spacial score (nSPS) is 11.4. The summed E-state index contributed by atoms with van der Waals surface area (Å²) in [5.41, 5.74) is 16.7. The second-order valence-corrected chi connectivity index (χ2v) is 16.4. The molecule has 2 nitrogen and oxygen atoms in total. The van der Waals surface area contributed by atoms with E-state index < -0.39 is 0 Å². The van der Waals surface area contributed by atoms with Gasteiger partial charge in [0.1, 0.15) is 11.2 Å². The van der Waals surface area contributed by atoms with Crippen molar-refractivity contribution in [2.75, 3.05) is 4.90 Å². The van der Waals surface area contributed by atoms with Crippen LogP contribution in [-0.4, -0.2) is 0 Å². The molecule has 11 aromatic carbocycles. The number of benzene rings is 11. The van der Waals surface area contributed by atoms with Crippen molar-refractivity contribution in [2.45, 2.75) is 0 Å². The maximum atomic E-state index is 6.61.